The maximum Gasteiger partial charge on any atom is 0.226 e. The van der Waals surface area contributed by atoms with E-state index in [1.807, 2.05) is 4.90 Å². The molecule has 0 aromatic rings. The van der Waals surface area contributed by atoms with Crippen molar-refractivity contribution in [2.24, 2.45) is 0 Å². The van der Waals surface area contributed by atoms with E-state index in [0.717, 1.165) is 51.7 Å². The molecule has 0 bridgehead atoms. The van der Waals surface area contributed by atoms with Gasteiger partial charge in [-0.1, -0.05) is 117 Å². The molecule has 240 valence electrons. The number of nitrogens with zero attached hydrogens (tertiary/aromatic N) is 2. The second kappa shape index (κ2) is 24.9. The minimum absolute atomic E-state index is 0.131. The van der Waals surface area contributed by atoms with Gasteiger partial charge in [-0.25, -0.2) is 0 Å². The van der Waals surface area contributed by atoms with E-state index in [2.05, 4.69) is 31.5 Å². The van der Waals surface area contributed by atoms with E-state index < -0.39 is 0 Å². The van der Waals surface area contributed by atoms with Crippen molar-refractivity contribution in [3.63, 3.8) is 0 Å². The molecular weight excluding hydrogens is 512 g/mol. The standard InChI is InChI=1S/C34H66N4O3/c1-4-6-8-10-12-14-16-18-20-23-32(39)35-26-29-38(3,31-37-28-22-25-34(37)41)30-27-36-33(40)24-21-19-17-15-13-11-9-7-5-2/h4-31H2,1-3H3,(H-,35,36,39,40)/p+1. The number of nitrogens with one attached hydrogen (secondary N) is 2. The lowest BCUT2D eigenvalue weighted by atomic mass is 10.1. The fraction of sp³-hybridized carbons (Fsp3) is 0.912. The van der Waals surface area contributed by atoms with Gasteiger partial charge in [0.05, 0.1) is 33.2 Å². The summed E-state index contributed by atoms with van der Waals surface area (Å²) in [6, 6.07) is 0. The van der Waals surface area contributed by atoms with Crippen LogP contribution in [0.1, 0.15) is 155 Å². The minimum Gasteiger partial charge on any atom is -0.350 e. The summed E-state index contributed by atoms with van der Waals surface area (Å²) in [5.41, 5.74) is 0. The Morgan fingerprint density at radius 1 is 0.659 bits per heavy atom. The fourth-order valence-corrected chi connectivity index (χ4v) is 5.82. The molecule has 1 saturated heterocycles. The number of unbranched alkanes of at least 4 members (excludes halogenated alkanes) is 16. The van der Waals surface area contributed by atoms with Gasteiger partial charge in [-0.15, -0.1) is 0 Å². The lowest BCUT2D eigenvalue weighted by Crippen LogP contribution is -2.57. The summed E-state index contributed by atoms with van der Waals surface area (Å²) in [7, 11) is 2.14. The lowest BCUT2D eigenvalue weighted by Gasteiger charge is -2.37. The van der Waals surface area contributed by atoms with Gasteiger partial charge >= 0.3 is 0 Å². The van der Waals surface area contributed by atoms with E-state index in [9.17, 15) is 14.4 Å². The zero-order chi connectivity index (χ0) is 30.0. The molecule has 0 atom stereocenters. The van der Waals surface area contributed by atoms with Gasteiger partial charge in [0.1, 0.15) is 0 Å². The van der Waals surface area contributed by atoms with Crippen LogP contribution in [0.5, 0.6) is 0 Å². The number of carbonyl (C=O) groups excluding carboxylic acids is 3. The SMILES string of the molecule is CCCCCCCCCCCC(=O)NCC[N+](C)(CCNC(=O)CCCCCCCCCCC)CN1CCCC1=O. The molecule has 3 amide bonds. The van der Waals surface area contributed by atoms with Crippen molar-refractivity contribution in [1.82, 2.24) is 15.5 Å². The van der Waals surface area contributed by atoms with Crippen LogP contribution in [0.4, 0.5) is 0 Å². The highest BCUT2D eigenvalue weighted by Gasteiger charge is 2.30. The van der Waals surface area contributed by atoms with Gasteiger partial charge in [-0.2, -0.15) is 0 Å². The van der Waals surface area contributed by atoms with Gasteiger partial charge in [0.25, 0.3) is 0 Å². The number of carbonyl (C=O) groups is 3. The predicted molar refractivity (Wildman–Crippen MR) is 171 cm³/mol. The summed E-state index contributed by atoms with van der Waals surface area (Å²) in [5, 5.41) is 6.22. The molecular formula is C34H67N4O3+. The average molecular weight is 580 g/mol. The Kier molecular flexibility index (Phi) is 22.7. The first-order valence-electron chi connectivity index (χ1n) is 17.5. The molecule has 0 aliphatic carbocycles. The first-order chi connectivity index (χ1) is 19.9. The zero-order valence-electron chi connectivity index (χ0n) is 27.4. The topological polar surface area (TPSA) is 78.5 Å². The number of likely N-dealkylation sites (N-methyl/N-ethyl adjacent to an activating group) is 1. The normalized spacial score (nSPS) is 13.6. The van der Waals surface area contributed by atoms with Crippen LogP contribution in [-0.4, -0.2) is 73.5 Å². The number of hydrogen-bond acceptors (Lipinski definition) is 3. The maximum atomic E-state index is 12.4. The molecule has 7 heteroatoms. The van der Waals surface area contributed by atoms with Gasteiger partial charge < -0.3 is 15.1 Å². The average Bonchev–Trinajstić information content (AvgIpc) is 3.34. The van der Waals surface area contributed by atoms with Gasteiger partial charge in [0.15, 0.2) is 6.67 Å². The molecule has 0 radical (unpaired) electrons. The molecule has 2 N–H and O–H groups in total. The molecule has 0 spiro atoms. The highest BCUT2D eigenvalue weighted by molar-refractivity contribution is 5.78. The number of hydrogen-bond donors (Lipinski definition) is 2. The van der Waals surface area contributed by atoms with Crippen molar-refractivity contribution < 1.29 is 18.9 Å². The lowest BCUT2D eigenvalue weighted by molar-refractivity contribution is -0.915. The number of rotatable bonds is 28. The first kappa shape index (κ1) is 37.4. The van der Waals surface area contributed by atoms with Crippen LogP contribution >= 0.6 is 0 Å². The zero-order valence-corrected chi connectivity index (χ0v) is 27.4. The Morgan fingerprint density at radius 3 is 1.41 bits per heavy atom. The molecule has 41 heavy (non-hydrogen) atoms. The van der Waals surface area contributed by atoms with Crippen LogP contribution < -0.4 is 10.6 Å². The maximum absolute atomic E-state index is 12.4. The number of quaternary nitrogens is 1. The predicted octanol–water partition coefficient (Wildman–Crippen LogP) is 7.09. The highest BCUT2D eigenvalue weighted by atomic mass is 16.2. The third kappa shape index (κ3) is 20.8. The Labute approximate surface area is 253 Å². The van der Waals surface area contributed by atoms with Gasteiger partial charge in [0.2, 0.25) is 17.7 Å². The first-order valence-corrected chi connectivity index (χ1v) is 17.5. The van der Waals surface area contributed by atoms with Gasteiger partial charge in [0, 0.05) is 25.8 Å². The van der Waals surface area contributed by atoms with Crippen LogP contribution in [0.15, 0.2) is 0 Å². The highest BCUT2D eigenvalue weighted by Crippen LogP contribution is 2.15. The fourth-order valence-electron chi connectivity index (χ4n) is 5.82. The largest absolute Gasteiger partial charge is 0.350 e. The van der Waals surface area contributed by atoms with Crippen molar-refractivity contribution in [3.8, 4) is 0 Å². The monoisotopic (exact) mass is 580 g/mol. The molecule has 0 saturated carbocycles. The second-order valence-corrected chi connectivity index (χ2v) is 12.8. The molecule has 0 aromatic carbocycles. The summed E-state index contributed by atoms with van der Waals surface area (Å²) < 4.78 is 0.641. The van der Waals surface area contributed by atoms with E-state index in [4.69, 9.17) is 0 Å². The molecule has 7 nitrogen and oxygen atoms in total. The molecule has 1 fully saturated rings. The second-order valence-electron chi connectivity index (χ2n) is 12.8. The number of amides is 3. The van der Waals surface area contributed by atoms with Crippen molar-refractivity contribution >= 4 is 17.7 Å². The van der Waals surface area contributed by atoms with Crippen LogP contribution in [0.2, 0.25) is 0 Å². The third-order valence-electron chi connectivity index (χ3n) is 8.65. The molecule has 1 aliphatic rings. The molecule has 0 unspecified atom stereocenters. The summed E-state index contributed by atoms with van der Waals surface area (Å²) in [6.45, 7) is 8.65. The Morgan fingerprint density at radius 2 is 1.05 bits per heavy atom. The van der Waals surface area contributed by atoms with Crippen LogP contribution in [0, 0.1) is 0 Å². The summed E-state index contributed by atoms with van der Waals surface area (Å²) in [6.07, 6.45) is 25.3. The summed E-state index contributed by atoms with van der Waals surface area (Å²) in [5.74, 6) is 0.482. The van der Waals surface area contributed by atoms with E-state index in [1.54, 1.807) is 0 Å². The molecule has 1 aliphatic heterocycles. The Bertz CT molecular complexity index is 645. The van der Waals surface area contributed by atoms with Crippen molar-refractivity contribution in [1.29, 1.82) is 0 Å². The molecule has 1 rings (SSSR count). The minimum atomic E-state index is 0.131. The van der Waals surface area contributed by atoms with Crippen molar-refractivity contribution in [3.05, 3.63) is 0 Å². The Balaban J connectivity index is 2.26. The van der Waals surface area contributed by atoms with E-state index in [1.165, 1.54) is 89.9 Å². The van der Waals surface area contributed by atoms with Crippen LogP contribution in [0.25, 0.3) is 0 Å². The van der Waals surface area contributed by atoms with Crippen LogP contribution in [-0.2, 0) is 14.4 Å². The quantitative estimate of drug-likeness (QED) is 0.0767. The van der Waals surface area contributed by atoms with Gasteiger partial charge in [-0.05, 0) is 19.3 Å². The van der Waals surface area contributed by atoms with Crippen LogP contribution in [0.3, 0.4) is 0 Å². The third-order valence-corrected chi connectivity index (χ3v) is 8.65. The molecule has 0 aromatic heterocycles. The summed E-state index contributed by atoms with van der Waals surface area (Å²) >= 11 is 0. The Hall–Kier alpha value is -1.63. The van der Waals surface area contributed by atoms with E-state index in [0.29, 0.717) is 43.5 Å². The summed E-state index contributed by atoms with van der Waals surface area (Å²) in [4.78, 5) is 39.1. The smallest absolute Gasteiger partial charge is 0.226 e. The van der Waals surface area contributed by atoms with E-state index in [-0.39, 0.29) is 17.7 Å². The van der Waals surface area contributed by atoms with Crippen molar-refractivity contribution in [2.75, 3.05) is 46.4 Å². The van der Waals surface area contributed by atoms with Gasteiger partial charge in [-0.3, -0.25) is 19.3 Å². The number of likely N-dealkylation sites (tertiary alicyclic amines) is 1. The van der Waals surface area contributed by atoms with E-state index >= 15 is 0 Å². The van der Waals surface area contributed by atoms with Crippen molar-refractivity contribution in [2.45, 2.75) is 155 Å². The molecule has 1 heterocycles.